The average Bonchev–Trinajstić information content (AvgIpc) is 2.70. The van der Waals surface area contributed by atoms with Crippen LogP contribution in [0.1, 0.15) is 34.7 Å². The van der Waals surface area contributed by atoms with Gasteiger partial charge < -0.3 is 20.0 Å². The first-order chi connectivity index (χ1) is 14.2. The number of nitrogens with zero attached hydrogens (tertiary/aromatic N) is 2. The SMILES string of the molecule is CN(C)Cc1cc(C(C)(c2ccccc2)c2ccc(O)c(CN(C)C)c2)ccc1O. The lowest BCUT2D eigenvalue weighted by atomic mass is 9.70. The molecule has 0 amide bonds. The van der Waals surface area contributed by atoms with E-state index in [1.165, 1.54) is 0 Å². The minimum absolute atomic E-state index is 0.307. The van der Waals surface area contributed by atoms with Crippen LogP contribution in [-0.2, 0) is 18.5 Å². The zero-order chi connectivity index (χ0) is 21.9. The molecule has 3 rings (SSSR count). The molecule has 0 radical (unpaired) electrons. The van der Waals surface area contributed by atoms with Gasteiger partial charge in [0, 0.05) is 29.6 Å². The zero-order valence-corrected chi connectivity index (χ0v) is 18.6. The molecule has 158 valence electrons. The number of aromatic hydroxyl groups is 2. The van der Waals surface area contributed by atoms with Crippen molar-refractivity contribution in [2.75, 3.05) is 28.2 Å². The molecule has 0 aliphatic carbocycles. The second-order valence-electron chi connectivity index (χ2n) is 8.65. The Bertz CT molecular complexity index is 938. The largest absolute Gasteiger partial charge is 0.508 e. The summed E-state index contributed by atoms with van der Waals surface area (Å²) in [5, 5.41) is 20.8. The van der Waals surface area contributed by atoms with Gasteiger partial charge in [0.15, 0.2) is 0 Å². The number of hydrogen-bond donors (Lipinski definition) is 2. The van der Waals surface area contributed by atoms with E-state index in [0.29, 0.717) is 24.6 Å². The summed E-state index contributed by atoms with van der Waals surface area (Å²) in [5.74, 6) is 0.615. The molecule has 0 spiro atoms. The van der Waals surface area contributed by atoms with Crippen LogP contribution >= 0.6 is 0 Å². The average molecular weight is 405 g/mol. The monoisotopic (exact) mass is 404 g/mol. The van der Waals surface area contributed by atoms with E-state index in [4.69, 9.17) is 0 Å². The van der Waals surface area contributed by atoms with Gasteiger partial charge in [-0.05, 0) is 76.1 Å². The van der Waals surface area contributed by atoms with Crippen molar-refractivity contribution in [3.63, 3.8) is 0 Å². The van der Waals surface area contributed by atoms with Crippen molar-refractivity contribution in [3.8, 4) is 11.5 Å². The molecule has 0 saturated heterocycles. The Morgan fingerprint density at radius 2 is 1.07 bits per heavy atom. The minimum atomic E-state index is -0.440. The van der Waals surface area contributed by atoms with E-state index in [9.17, 15) is 10.2 Å². The lowest BCUT2D eigenvalue weighted by Gasteiger charge is -2.33. The molecule has 4 heteroatoms. The van der Waals surface area contributed by atoms with E-state index in [2.05, 4.69) is 53.1 Å². The van der Waals surface area contributed by atoms with E-state index < -0.39 is 5.41 Å². The summed E-state index contributed by atoms with van der Waals surface area (Å²) in [5.41, 5.74) is 4.71. The van der Waals surface area contributed by atoms with Crippen LogP contribution in [0.4, 0.5) is 0 Å². The van der Waals surface area contributed by atoms with Gasteiger partial charge in [-0.1, -0.05) is 42.5 Å². The van der Waals surface area contributed by atoms with E-state index in [1.807, 2.05) is 46.4 Å². The Hall–Kier alpha value is -2.82. The van der Waals surface area contributed by atoms with Crippen LogP contribution in [-0.4, -0.2) is 48.2 Å². The van der Waals surface area contributed by atoms with Gasteiger partial charge in [-0.3, -0.25) is 0 Å². The predicted molar refractivity (Wildman–Crippen MR) is 123 cm³/mol. The molecule has 0 aliphatic heterocycles. The third kappa shape index (κ3) is 4.50. The van der Waals surface area contributed by atoms with E-state index in [0.717, 1.165) is 27.8 Å². The number of phenolic OH excluding ortho intramolecular Hbond substituents is 2. The topological polar surface area (TPSA) is 46.9 Å². The number of phenols is 2. The van der Waals surface area contributed by atoms with Gasteiger partial charge in [-0.15, -0.1) is 0 Å². The minimum Gasteiger partial charge on any atom is -0.508 e. The molecule has 30 heavy (non-hydrogen) atoms. The van der Waals surface area contributed by atoms with Gasteiger partial charge in [0.05, 0.1) is 0 Å². The highest BCUT2D eigenvalue weighted by atomic mass is 16.3. The van der Waals surface area contributed by atoms with Gasteiger partial charge in [-0.2, -0.15) is 0 Å². The van der Waals surface area contributed by atoms with Crippen molar-refractivity contribution in [2.45, 2.75) is 25.4 Å². The molecule has 2 N–H and O–H groups in total. The Morgan fingerprint density at radius 1 is 0.633 bits per heavy atom. The number of rotatable bonds is 7. The van der Waals surface area contributed by atoms with Crippen LogP contribution < -0.4 is 0 Å². The molecule has 3 aromatic rings. The zero-order valence-electron chi connectivity index (χ0n) is 18.6. The van der Waals surface area contributed by atoms with Crippen LogP contribution in [0, 0.1) is 0 Å². The highest BCUT2D eigenvalue weighted by Crippen LogP contribution is 2.41. The molecule has 0 fully saturated rings. The standard InChI is InChI=1S/C26H32N2O2/c1-26(21-9-7-6-8-10-21,22-11-13-24(29)19(15-22)17-27(2)3)23-12-14-25(30)20(16-23)18-28(4)5/h6-16,29-30H,17-18H2,1-5H3. The molecule has 0 saturated carbocycles. The van der Waals surface area contributed by atoms with Crippen LogP contribution in [0.3, 0.4) is 0 Å². The first kappa shape index (κ1) is 21.9. The van der Waals surface area contributed by atoms with Crippen molar-refractivity contribution < 1.29 is 10.2 Å². The fourth-order valence-electron chi connectivity index (χ4n) is 4.00. The van der Waals surface area contributed by atoms with Gasteiger partial charge in [0.1, 0.15) is 11.5 Å². The maximum Gasteiger partial charge on any atom is 0.120 e. The van der Waals surface area contributed by atoms with Crippen molar-refractivity contribution >= 4 is 0 Å². The molecule has 0 aliphatic rings. The molecular formula is C26H32N2O2. The van der Waals surface area contributed by atoms with E-state index >= 15 is 0 Å². The van der Waals surface area contributed by atoms with Gasteiger partial charge in [0.25, 0.3) is 0 Å². The third-order valence-electron chi connectivity index (χ3n) is 5.64. The van der Waals surface area contributed by atoms with Crippen molar-refractivity contribution in [3.05, 3.63) is 94.5 Å². The summed E-state index contributed by atoms with van der Waals surface area (Å²) in [6.45, 7) is 3.53. The molecule has 0 bridgehead atoms. The summed E-state index contributed by atoms with van der Waals surface area (Å²) < 4.78 is 0. The Morgan fingerprint density at radius 3 is 1.47 bits per heavy atom. The first-order valence-corrected chi connectivity index (χ1v) is 10.2. The van der Waals surface area contributed by atoms with Gasteiger partial charge in [0.2, 0.25) is 0 Å². The summed E-state index contributed by atoms with van der Waals surface area (Å²) in [6, 6.07) is 22.2. The number of hydrogen-bond acceptors (Lipinski definition) is 4. The summed E-state index contributed by atoms with van der Waals surface area (Å²) >= 11 is 0. The van der Waals surface area contributed by atoms with Gasteiger partial charge >= 0.3 is 0 Å². The van der Waals surface area contributed by atoms with Crippen LogP contribution in [0.15, 0.2) is 66.7 Å². The van der Waals surface area contributed by atoms with Crippen molar-refractivity contribution in [2.24, 2.45) is 0 Å². The summed E-state index contributed by atoms with van der Waals surface area (Å²) in [7, 11) is 7.98. The molecule has 4 nitrogen and oxygen atoms in total. The lowest BCUT2D eigenvalue weighted by Crippen LogP contribution is -2.26. The van der Waals surface area contributed by atoms with Crippen molar-refractivity contribution in [1.82, 2.24) is 9.80 Å². The van der Waals surface area contributed by atoms with E-state index in [1.54, 1.807) is 12.1 Å². The van der Waals surface area contributed by atoms with Crippen molar-refractivity contribution in [1.29, 1.82) is 0 Å². The molecule has 0 heterocycles. The summed E-state index contributed by atoms with van der Waals surface area (Å²) in [4.78, 5) is 4.10. The molecule has 0 aromatic heterocycles. The molecule has 0 unspecified atom stereocenters. The van der Waals surface area contributed by atoms with Gasteiger partial charge in [-0.25, -0.2) is 0 Å². The number of benzene rings is 3. The first-order valence-electron chi connectivity index (χ1n) is 10.2. The fourth-order valence-corrected chi connectivity index (χ4v) is 4.00. The normalized spacial score (nSPS) is 12.0. The summed E-state index contributed by atoms with van der Waals surface area (Å²) in [6.07, 6.45) is 0. The second kappa shape index (κ2) is 8.90. The maximum atomic E-state index is 10.4. The maximum absolute atomic E-state index is 10.4. The molecule has 3 aromatic carbocycles. The van der Waals surface area contributed by atoms with Crippen LogP contribution in [0.2, 0.25) is 0 Å². The highest BCUT2D eigenvalue weighted by molar-refractivity contribution is 5.54. The Labute approximate surface area is 180 Å². The Kier molecular flexibility index (Phi) is 6.49. The highest BCUT2D eigenvalue weighted by Gasteiger charge is 2.32. The van der Waals surface area contributed by atoms with Crippen LogP contribution in [0.5, 0.6) is 11.5 Å². The quantitative estimate of drug-likeness (QED) is 0.566. The molecular weight excluding hydrogens is 372 g/mol. The second-order valence-corrected chi connectivity index (χ2v) is 8.65. The third-order valence-corrected chi connectivity index (χ3v) is 5.64. The molecule has 0 atom stereocenters. The smallest absolute Gasteiger partial charge is 0.120 e. The fraction of sp³-hybridized carbons (Fsp3) is 0.308. The van der Waals surface area contributed by atoms with Crippen LogP contribution in [0.25, 0.3) is 0 Å². The Balaban J connectivity index is 2.22. The predicted octanol–water partition coefficient (Wildman–Crippen LogP) is 4.58. The van der Waals surface area contributed by atoms with E-state index in [-0.39, 0.29) is 0 Å². The lowest BCUT2D eigenvalue weighted by molar-refractivity contribution is 0.384.